The predicted molar refractivity (Wildman–Crippen MR) is 84.8 cm³/mol. The maximum absolute atomic E-state index is 6.31. The van der Waals surface area contributed by atoms with Crippen LogP contribution in [-0.2, 0) is 0 Å². The zero-order chi connectivity index (χ0) is 14.3. The molecule has 1 N–H and O–H groups in total. The zero-order valence-electron chi connectivity index (χ0n) is 11.1. The van der Waals surface area contributed by atoms with E-state index in [2.05, 4.69) is 4.98 Å². The second-order valence-corrected chi connectivity index (χ2v) is 5.35. The summed E-state index contributed by atoms with van der Waals surface area (Å²) in [6.07, 6.45) is 0. The highest BCUT2D eigenvalue weighted by molar-refractivity contribution is 7.71. The van der Waals surface area contributed by atoms with Crippen LogP contribution in [-0.4, -0.2) is 16.7 Å². The molecule has 0 fully saturated rings. The van der Waals surface area contributed by atoms with Gasteiger partial charge in [-0.15, -0.1) is 0 Å². The van der Waals surface area contributed by atoms with E-state index in [1.165, 1.54) is 0 Å². The van der Waals surface area contributed by atoms with Gasteiger partial charge < -0.3 is 9.72 Å². The molecule has 3 aromatic rings. The summed E-state index contributed by atoms with van der Waals surface area (Å²) in [6.45, 7) is 2.00. The number of nitrogens with one attached hydrogen (secondary N) is 1. The van der Waals surface area contributed by atoms with Gasteiger partial charge in [0.25, 0.3) is 0 Å². The lowest BCUT2D eigenvalue weighted by atomic mass is 10.2. The van der Waals surface area contributed by atoms with Crippen LogP contribution in [0.4, 0.5) is 0 Å². The smallest absolute Gasteiger partial charge is 0.182 e. The fourth-order valence-corrected chi connectivity index (χ4v) is 2.93. The summed E-state index contributed by atoms with van der Waals surface area (Å²) < 4.78 is 7.86. The van der Waals surface area contributed by atoms with Crippen molar-refractivity contribution in [3.8, 4) is 11.4 Å². The van der Waals surface area contributed by atoms with E-state index in [1.807, 2.05) is 47.9 Å². The number of ether oxygens (including phenoxy) is 1. The van der Waals surface area contributed by atoms with Gasteiger partial charge in [0.15, 0.2) is 4.77 Å². The number of aryl methyl sites for hydroxylation is 1. The Labute approximate surface area is 126 Å². The Bertz CT molecular complexity index is 851. The molecule has 0 atom stereocenters. The van der Waals surface area contributed by atoms with E-state index in [9.17, 15) is 0 Å². The van der Waals surface area contributed by atoms with E-state index in [0.717, 1.165) is 28.0 Å². The average Bonchev–Trinajstić information content (AvgIpc) is 2.76. The molecule has 0 aliphatic heterocycles. The Hall–Kier alpha value is -1.78. The molecular formula is C15H13ClN2OS. The lowest BCUT2D eigenvalue weighted by Gasteiger charge is -2.09. The van der Waals surface area contributed by atoms with E-state index in [1.54, 1.807) is 7.11 Å². The SMILES string of the molecule is COc1ccc(-n2c(=S)[nH]c3cccc(Cl)c32)cc1C. The number of hydrogen-bond donors (Lipinski definition) is 1. The van der Waals surface area contributed by atoms with Crippen molar-refractivity contribution >= 4 is 34.9 Å². The van der Waals surface area contributed by atoms with E-state index in [0.29, 0.717) is 9.79 Å². The van der Waals surface area contributed by atoms with Crippen LogP contribution in [0.3, 0.4) is 0 Å². The Kier molecular flexibility index (Phi) is 3.28. The van der Waals surface area contributed by atoms with Crippen molar-refractivity contribution < 1.29 is 4.74 Å². The third kappa shape index (κ3) is 2.01. The highest BCUT2D eigenvalue weighted by atomic mass is 35.5. The number of aromatic amines is 1. The molecular weight excluding hydrogens is 292 g/mol. The van der Waals surface area contributed by atoms with Crippen LogP contribution in [0.5, 0.6) is 5.75 Å². The third-order valence-electron chi connectivity index (χ3n) is 3.29. The molecule has 0 saturated heterocycles. The minimum Gasteiger partial charge on any atom is -0.496 e. The molecule has 0 bridgehead atoms. The van der Waals surface area contributed by atoms with Gasteiger partial charge in [0.1, 0.15) is 5.75 Å². The van der Waals surface area contributed by atoms with Crippen LogP contribution in [0.25, 0.3) is 16.7 Å². The van der Waals surface area contributed by atoms with Gasteiger partial charge in [-0.3, -0.25) is 4.57 Å². The number of benzene rings is 2. The van der Waals surface area contributed by atoms with Crippen LogP contribution < -0.4 is 4.74 Å². The van der Waals surface area contributed by atoms with Crippen LogP contribution in [0, 0.1) is 11.7 Å². The first-order chi connectivity index (χ1) is 9.61. The van der Waals surface area contributed by atoms with E-state index >= 15 is 0 Å². The van der Waals surface area contributed by atoms with Gasteiger partial charge in [0, 0.05) is 5.69 Å². The maximum atomic E-state index is 6.31. The number of methoxy groups -OCH3 is 1. The maximum Gasteiger partial charge on any atom is 0.182 e. The van der Waals surface area contributed by atoms with Crippen molar-refractivity contribution in [3.05, 3.63) is 51.8 Å². The number of H-pyrrole nitrogens is 1. The van der Waals surface area contributed by atoms with Crippen LogP contribution in [0.15, 0.2) is 36.4 Å². The molecule has 0 aliphatic rings. The van der Waals surface area contributed by atoms with Gasteiger partial charge in [-0.1, -0.05) is 17.7 Å². The highest BCUT2D eigenvalue weighted by Crippen LogP contribution is 2.28. The molecule has 3 nitrogen and oxygen atoms in total. The van der Waals surface area contributed by atoms with Crippen molar-refractivity contribution in [1.82, 2.24) is 9.55 Å². The number of halogens is 1. The van der Waals surface area contributed by atoms with E-state index in [4.69, 9.17) is 28.6 Å². The first-order valence-electron chi connectivity index (χ1n) is 6.16. The average molecular weight is 305 g/mol. The fourth-order valence-electron chi connectivity index (χ4n) is 2.36. The molecule has 0 amide bonds. The summed E-state index contributed by atoms with van der Waals surface area (Å²) in [5, 5.41) is 0.670. The molecule has 0 spiro atoms. The number of imidazole rings is 1. The molecule has 1 heterocycles. The Balaban J connectivity index is 2.32. The normalized spacial score (nSPS) is 10.9. The molecule has 0 radical (unpaired) electrons. The highest BCUT2D eigenvalue weighted by Gasteiger charge is 2.10. The quantitative estimate of drug-likeness (QED) is 0.698. The monoisotopic (exact) mass is 304 g/mol. The van der Waals surface area contributed by atoms with Crippen molar-refractivity contribution in [2.45, 2.75) is 6.92 Å². The molecule has 2 aromatic carbocycles. The van der Waals surface area contributed by atoms with Crippen molar-refractivity contribution in [1.29, 1.82) is 0 Å². The summed E-state index contributed by atoms with van der Waals surface area (Å²) >= 11 is 11.7. The number of fused-ring (bicyclic) bond motifs is 1. The van der Waals surface area contributed by atoms with E-state index in [-0.39, 0.29) is 0 Å². The first kappa shape index (κ1) is 13.2. The molecule has 5 heteroatoms. The van der Waals surface area contributed by atoms with Crippen LogP contribution >= 0.6 is 23.8 Å². The molecule has 3 rings (SSSR count). The number of aromatic nitrogens is 2. The van der Waals surface area contributed by atoms with Crippen LogP contribution in [0.1, 0.15) is 5.56 Å². The molecule has 20 heavy (non-hydrogen) atoms. The standard InChI is InChI=1S/C15H13ClN2OS/c1-9-8-10(6-7-13(9)19-2)18-14-11(16)4-3-5-12(14)17-15(18)20/h3-8H,1-2H3,(H,17,20). The second-order valence-electron chi connectivity index (χ2n) is 4.56. The van der Waals surface area contributed by atoms with Crippen LogP contribution in [0.2, 0.25) is 5.02 Å². The van der Waals surface area contributed by atoms with Gasteiger partial charge in [0.05, 0.1) is 23.2 Å². The number of hydrogen-bond acceptors (Lipinski definition) is 2. The van der Waals surface area contributed by atoms with Gasteiger partial charge in [-0.05, 0) is 55.0 Å². The topological polar surface area (TPSA) is 29.9 Å². The Morgan fingerprint density at radius 1 is 1.25 bits per heavy atom. The van der Waals surface area contributed by atoms with Gasteiger partial charge in [-0.2, -0.15) is 0 Å². The Morgan fingerprint density at radius 2 is 2.05 bits per heavy atom. The second kappa shape index (κ2) is 4.96. The number of nitrogens with zero attached hydrogens (tertiary/aromatic N) is 1. The van der Waals surface area contributed by atoms with E-state index < -0.39 is 0 Å². The van der Waals surface area contributed by atoms with Crippen molar-refractivity contribution in [2.24, 2.45) is 0 Å². The number of para-hydroxylation sites is 1. The summed E-state index contributed by atoms with van der Waals surface area (Å²) in [7, 11) is 1.66. The van der Waals surface area contributed by atoms with Gasteiger partial charge >= 0.3 is 0 Å². The molecule has 0 aliphatic carbocycles. The zero-order valence-corrected chi connectivity index (χ0v) is 12.7. The van der Waals surface area contributed by atoms with Gasteiger partial charge in [0.2, 0.25) is 0 Å². The molecule has 0 unspecified atom stereocenters. The summed E-state index contributed by atoms with van der Waals surface area (Å²) in [5.74, 6) is 0.853. The number of rotatable bonds is 2. The molecule has 1 aromatic heterocycles. The minimum atomic E-state index is 0.623. The Morgan fingerprint density at radius 3 is 2.75 bits per heavy atom. The minimum absolute atomic E-state index is 0.623. The summed E-state index contributed by atoms with van der Waals surface area (Å²) in [6, 6.07) is 11.7. The molecule has 0 saturated carbocycles. The van der Waals surface area contributed by atoms with Crippen molar-refractivity contribution in [3.63, 3.8) is 0 Å². The fraction of sp³-hybridized carbons (Fsp3) is 0.133. The lowest BCUT2D eigenvalue weighted by molar-refractivity contribution is 0.411. The first-order valence-corrected chi connectivity index (χ1v) is 6.94. The largest absolute Gasteiger partial charge is 0.496 e. The van der Waals surface area contributed by atoms with Crippen molar-refractivity contribution in [2.75, 3.05) is 7.11 Å². The lowest BCUT2D eigenvalue weighted by Crippen LogP contribution is -1.96. The molecule has 102 valence electrons. The predicted octanol–water partition coefficient (Wildman–Crippen LogP) is 4.66. The summed E-state index contributed by atoms with van der Waals surface area (Å²) in [4.78, 5) is 3.18. The third-order valence-corrected chi connectivity index (χ3v) is 3.88. The summed E-state index contributed by atoms with van der Waals surface area (Å²) in [5.41, 5.74) is 3.83. The van der Waals surface area contributed by atoms with Gasteiger partial charge in [-0.25, -0.2) is 0 Å².